The molecule has 0 saturated heterocycles. The van der Waals surface area contributed by atoms with Crippen LogP contribution in [0.2, 0.25) is 5.02 Å². The highest BCUT2D eigenvalue weighted by Gasteiger charge is 2.15. The van der Waals surface area contributed by atoms with Gasteiger partial charge in [-0.2, -0.15) is 0 Å². The highest BCUT2D eigenvalue weighted by atomic mass is 35.5. The molecule has 100 valence electrons. The van der Waals surface area contributed by atoms with Crippen LogP contribution < -0.4 is 0 Å². The zero-order valence-electron chi connectivity index (χ0n) is 10.3. The summed E-state index contributed by atoms with van der Waals surface area (Å²) in [5.74, 6) is -1.70. The Morgan fingerprint density at radius 2 is 1.89 bits per heavy atom. The molecule has 1 atom stereocenters. The zero-order valence-corrected chi connectivity index (χ0v) is 11.8. The molecule has 0 saturated carbocycles. The van der Waals surface area contributed by atoms with Crippen LogP contribution in [0, 0.1) is 18.6 Å². The summed E-state index contributed by atoms with van der Waals surface area (Å²) in [5, 5.41) is 0.133. The molecule has 0 aliphatic heterocycles. The first-order chi connectivity index (χ1) is 8.97. The predicted octanol–water partition coefficient (Wildman–Crippen LogP) is 5.45. The van der Waals surface area contributed by atoms with Gasteiger partial charge in [0.2, 0.25) is 0 Å². The minimum absolute atomic E-state index is 0.213. The number of benzene rings is 2. The summed E-state index contributed by atoms with van der Waals surface area (Å²) in [6.07, 6.45) is 0.213. The summed E-state index contributed by atoms with van der Waals surface area (Å²) < 4.78 is 26.7. The highest BCUT2D eigenvalue weighted by Crippen LogP contribution is 2.29. The van der Waals surface area contributed by atoms with Gasteiger partial charge in [0.1, 0.15) is 0 Å². The van der Waals surface area contributed by atoms with Crippen LogP contribution in [0.3, 0.4) is 0 Å². The monoisotopic (exact) mass is 300 g/mol. The maximum atomic E-state index is 13.6. The van der Waals surface area contributed by atoms with E-state index in [1.54, 1.807) is 6.07 Å². The van der Waals surface area contributed by atoms with Crippen molar-refractivity contribution in [2.75, 3.05) is 0 Å². The molecule has 0 aliphatic rings. The normalized spacial score (nSPS) is 12.5. The first kappa shape index (κ1) is 14.3. The Morgan fingerprint density at radius 3 is 2.58 bits per heavy atom. The summed E-state index contributed by atoms with van der Waals surface area (Å²) in [7, 11) is 0. The van der Waals surface area contributed by atoms with E-state index < -0.39 is 17.0 Å². The maximum Gasteiger partial charge on any atom is 0.162 e. The third-order valence-electron chi connectivity index (χ3n) is 2.86. The van der Waals surface area contributed by atoms with Crippen LogP contribution in [0.5, 0.6) is 0 Å². The van der Waals surface area contributed by atoms with Crippen LogP contribution in [0.25, 0.3) is 0 Å². The molecule has 0 aromatic heterocycles. The van der Waals surface area contributed by atoms with Crippen molar-refractivity contribution >= 4 is 23.2 Å². The fourth-order valence-corrected chi connectivity index (χ4v) is 2.55. The van der Waals surface area contributed by atoms with Crippen LogP contribution in [0.1, 0.15) is 22.1 Å². The van der Waals surface area contributed by atoms with E-state index in [0.717, 1.165) is 17.2 Å². The van der Waals surface area contributed by atoms with Crippen LogP contribution in [-0.2, 0) is 6.42 Å². The van der Waals surface area contributed by atoms with Gasteiger partial charge in [0.05, 0.1) is 5.38 Å². The van der Waals surface area contributed by atoms with Crippen molar-refractivity contribution < 1.29 is 8.78 Å². The Bertz CT molecular complexity index is 576. The smallest absolute Gasteiger partial charge is 0.162 e. The summed E-state index contributed by atoms with van der Waals surface area (Å²) >= 11 is 12.2. The average Bonchev–Trinajstić information content (AvgIpc) is 2.33. The molecule has 0 N–H and O–H groups in total. The lowest BCUT2D eigenvalue weighted by Crippen LogP contribution is -2.00. The lowest BCUT2D eigenvalue weighted by Gasteiger charge is -2.12. The Morgan fingerprint density at radius 1 is 1.16 bits per heavy atom. The first-order valence-corrected chi connectivity index (χ1v) is 6.63. The molecule has 0 amide bonds. The third-order valence-corrected chi connectivity index (χ3v) is 3.48. The van der Waals surface area contributed by atoms with Gasteiger partial charge < -0.3 is 0 Å². The van der Waals surface area contributed by atoms with Gasteiger partial charge in [-0.15, -0.1) is 11.6 Å². The maximum absolute atomic E-state index is 13.6. The molecule has 1 unspecified atom stereocenters. The Balaban J connectivity index is 2.25. The number of rotatable bonds is 3. The van der Waals surface area contributed by atoms with Crippen molar-refractivity contribution in [1.82, 2.24) is 0 Å². The molecule has 0 fully saturated rings. The molecule has 2 aromatic rings. The van der Waals surface area contributed by atoms with Crippen LogP contribution in [-0.4, -0.2) is 0 Å². The van der Waals surface area contributed by atoms with E-state index in [9.17, 15) is 8.78 Å². The van der Waals surface area contributed by atoms with Crippen molar-refractivity contribution in [3.05, 3.63) is 69.7 Å². The Hall–Kier alpha value is -1.12. The molecule has 0 nitrogen and oxygen atoms in total. The molecule has 0 aliphatic carbocycles. The lowest BCUT2D eigenvalue weighted by molar-refractivity contribution is 0.498. The Labute approximate surface area is 121 Å². The van der Waals surface area contributed by atoms with Gasteiger partial charge in [0, 0.05) is 5.02 Å². The molecule has 0 spiro atoms. The molecule has 0 bridgehead atoms. The SMILES string of the molecule is Cc1cc(Cl)cc(C(Cl)Cc2cccc(F)c2F)c1. The summed E-state index contributed by atoms with van der Waals surface area (Å²) in [4.78, 5) is 0. The van der Waals surface area contributed by atoms with E-state index in [0.29, 0.717) is 5.02 Å². The third kappa shape index (κ3) is 3.46. The number of alkyl halides is 1. The molecule has 0 radical (unpaired) electrons. The molecule has 0 heterocycles. The standard InChI is InChI=1S/C15H12Cl2F2/c1-9-5-11(7-12(16)6-9)13(17)8-10-3-2-4-14(18)15(10)19/h2-7,13H,8H2,1H3. The van der Waals surface area contributed by atoms with Crippen molar-refractivity contribution in [3.8, 4) is 0 Å². The Kier molecular flexibility index (Phi) is 4.43. The number of hydrogen-bond donors (Lipinski definition) is 0. The van der Waals surface area contributed by atoms with Crippen molar-refractivity contribution in [2.45, 2.75) is 18.7 Å². The fraction of sp³-hybridized carbons (Fsp3) is 0.200. The van der Waals surface area contributed by atoms with E-state index in [2.05, 4.69) is 0 Å². The number of halogens is 4. The lowest BCUT2D eigenvalue weighted by atomic mass is 10.0. The number of hydrogen-bond acceptors (Lipinski definition) is 0. The summed E-state index contributed by atoms with van der Waals surface area (Å²) in [6.45, 7) is 1.90. The second-order valence-electron chi connectivity index (χ2n) is 4.45. The second-order valence-corrected chi connectivity index (χ2v) is 5.41. The fourth-order valence-electron chi connectivity index (χ4n) is 1.96. The van der Waals surface area contributed by atoms with E-state index in [4.69, 9.17) is 23.2 Å². The zero-order chi connectivity index (χ0) is 14.0. The second kappa shape index (κ2) is 5.89. The van der Waals surface area contributed by atoms with E-state index >= 15 is 0 Å². The van der Waals surface area contributed by atoms with E-state index in [1.807, 2.05) is 19.1 Å². The van der Waals surface area contributed by atoms with Gasteiger partial charge in [0.25, 0.3) is 0 Å². The quantitative estimate of drug-likeness (QED) is 0.661. The summed E-state index contributed by atoms with van der Waals surface area (Å²) in [6, 6.07) is 9.54. The molecular weight excluding hydrogens is 289 g/mol. The molecule has 19 heavy (non-hydrogen) atoms. The van der Waals surface area contributed by atoms with Crippen LogP contribution in [0.4, 0.5) is 8.78 Å². The van der Waals surface area contributed by atoms with Gasteiger partial charge in [0.15, 0.2) is 11.6 Å². The van der Waals surface area contributed by atoms with Gasteiger partial charge >= 0.3 is 0 Å². The van der Waals surface area contributed by atoms with Gasteiger partial charge in [-0.25, -0.2) is 8.78 Å². The molecule has 4 heteroatoms. The van der Waals surface area contributed by atoms with Crippen LogP contribution in [0.15, 0.2) is 36.4 Å². The van der Waals surface area contributed by atoms with E-state index in [-0.39, 0.29) is 12.0 Å². The number of aryl methyl sites for hydroxylation is 1. The first-order valence-electron chi connectivity index (χ1n) is 5.81. The highest BCUT2D eigenvalue weighted by molar-refractivity contribution is 6.30. The van der Waals surface area contributed by atoms with E-state index in [1.165, 1.54) is 12.1 Å². The molecule has 2 aromatic carbocycles. The topological polar surface area (TPSA) is 0 Å². The van der Waals surface area contributed by atoms with Crippen molar-refractivity contribution in [1.29, 1.82) is 0 Å². The molecule has 2 rings (SSSR count). The average molecular weight is 301 g/mol. The van der Waals surface area contributed by atoms with Crippen molar-refractivity contribution in [3.63, 3.8) is 0 Å². The summed E-state index contributed by atoms with van der Waals surface area (Å²) in [5.41, 5.74) is 2.04. The van der Waals surface area contributed by atoms with Gasteiger partial charge in [-0.1, -0.05) is 29.8 Å². The van der Waals surface area contributed by atoms with Crippen molar-refractivity contribution in [2.24, 2.45) is 0 Å². The van der Waals surface area contributed by atoms with Gasteiger partial charge in [-0.05, 0) is 48.2 Å². The van der Waals surface area contributed by atoms with Gasteiger partial charge in [-0.3, -0.25) is 0 Å². The minimum Gasteiger partial charge on any atom is -0.204 e. The largest absolute Gasteiger partial charge is 0.204 e. The predicted molar refractivity (Wildman–Crippen MR) is 74.8 cm³/mol. The molecular formula is C15H12Cl2F2. The minimum atomic E-state index is -0.858. The van der Waals surface area contributed by atoms with Crippen LogP contribution >= 0.6 is 23.2 Å².